The molecule has 1 aliphatic rings. The number of benzene rings is 2. The van der Waals surface area contributed by atoms with E-state index in [4.69, 9.17) is 0 Å². The van der Waals surface area contributed by atoms with Gasteiger partial charge in [0.15, 0.2) is 0 Å². The van der Waals surface area contributed by atoms with Crippen LogP contribution in [0.5, 0.6) is 0 Å². The number of anilines is 3. The number of hydrogen-bond donors (Lipinski definition) is 2. The summed E-state index contributed by atoms with van der Waals surface area (Å²) in [6, 6.07) is 13.4. The molecule has 9 nitrogen and oxygen atoms in total. The van der Waals surface area contributed by atoms with Crippen molar-refractivity contribution < 1.29 is 14.8 Å². The van der Waals surface area contributed by atoms with Gasteiger partial charge in [0.1, 0.15) is 6.33 Å². The summed E-state index contributed by atoms with van der Waals surface area (Å²) in [7, 11) is 0. The molecule has 1 aliphatic heterocycles. The average molecular weight is 393 g/mol. The summed E-state index contributed by atoms with van der Waals surface area (Å²) in [6.07, 6.45) is 2.13. The Morgan fingerprint density at radius 1 is 1.14 bits per heavy atom. The Morgan fingerprint density at radius 2 is 1.86 bits per heavy atom. The van der Waals surface area contributed by atoms with E-state index in [2.05, 4.69) is 15.3 Å². The fraction of sp³-hybridized carbons (Fsp3) is 0.250. The van der Waals surface area contributed by atoms with Gasteiger partial charge in [0.05, 0.1) is 10.8 Å². The highest BCUT2D eigenvalue weighted by molar-refractivity contribution is 5.96. The normalized spacial score (nSPS) is 14.7. The molecular formula is C20H19N5O4. The lowest BCUT2D eigenvalue weighted by molar-refractivity contribution is -0.383. The van der Waals surface area contributed by atoms with Gasteiger partial charge in [-0.25, -0.2) is 9.97 Å². The van der Waals surface area contributed by atoms with Crippen molar-refractivity contribution in [3.05, 3.63) is 58.9 Å². The first-order chi connectivity index (χ1) is 14.0. The molecule has 4 rings (SSSR count). The van der Waals surface area contributed by atoms with Gasteiger partial charge < -0.3 is 15.3 Å². The number of fused-ring (bicyclic) bond motifs is 1. The number of rotatable bonds is 5. The number of hydrogen-bond acceptors (Lipinski definition) is 7. The highest BCUT2D eigenvalue weighted by atomic mass is 16.6. The van der Waals surface area contributed by atoms with E-state index >= 15 is 0 Å². The molecular weight excluding hydrogens is 374 g/mol. The first-order valence-electron chi connectivity index (χ1n) is 9.26. The van der Waals surface area contributed by atoms with Crippen molar-refractivity contribution in [1.29, 1.82) is 0 Å². The Hall–Kier alpha value is -3.75. The van der Waals surface area contributed by atoms with Crippen LogP contribution < -0.4 is 10.2 Å². The van der Waals surface area contributed by atoms with Crippen LogP contribution in [-0.4, -0.2) is 39.1 Å². The van der Waals surface area contributed by atoms with E-state index in [0.29, 0.717) is 31.6 Å². The Bertz CT molecular complexity index is 1070. The number of carboxylic acids is 1. The summed E-state index contributed by atoms with van der Waals surface area (Å²) in [5.74, 6) is -0.950. The van der Waals surface area contributed by atoms with Crippen LogP contribution in [-0.2, 0) is 4.79 Å². The molecule has 9 heteroatoms. The maximum atomic E-state index is 11.9. The molecule has 0 bridgehead atoms. The number of carboxylic acid groups (broad SMARTS) is 1. The zero-order chi connectivity index (χ0) is 20.4. The summed E-state index contributed by atoms with van der Waals surface area (Å²) in [4.78, 5) is 32.6. The highest BCUT2D eigenvalue weighted by Gasteiger charge is 2.31. The van der Waals surface area contributed by atoms with Gasteiger partial charge in [-0.15, -0.1) is 0 Å². The summed E-state index contributed by atoms with van der Waals surface area (Å²) < 4.78 is 0. The Balaban J connectivity index is 1.69. The van der Waals surface area contributed by atoms with Gasteiger partial charge in [-0.2, -0.15) is 0 Å². The van der Waals surface area contributed by atoms with E-state index in [-0.39, 0.29) is 17.3 Å². The predicted molar refractivity (Wildman–Crippen MR) is 108 cm³/mol. The molecule has 1 aromatic heterocycles. The Morgan fingerprint density at radius 3 is 2.59 bits per heavy atom. The topological polar surface area (TPSA) is 121 Å². The minimum Gasteiger partial charge on any atom is -0.481 e. The third kappa shape index (κ3) is 3.66. The standard InChI is InChI=1S/C20H19N5O4/c26-20(27)14-8-10-24(11-9-14)19-17(25(28)29)18(21-12-22-19)23-16-7-3-5-13-4-1-2-6-15(13)16/h1-7,12,14H,8-11H2,(H,26,27)(H,21,22,23). The summed E-state index contributed by atoms with van der Waals surface area (Å²) >= 11 is 0. The van der Waals surface area contributed by atoms with Gasteiger partial charge in [0.25, 0.3) is 0 Å². The second kappa shape index (κ2) is 7.70. The van der Waals surface area contributed by atoms with Crippen LogP contribution in [0, 0.1) is 16.0 Å². The molecule has 2 heterocycles. The smallest absolute Gasteiger partial charge is 0.353 e. The molecule has 3 aromatic rings. The van der Waals surface area contributed by atoms with Crippen molar-refractivity contribution >= 4 is 39.8 Å². The number of nitrogens with one attached hydrogen (secondary N) is 1. The molecule has 0 unspecified atom stereocenters. The van der Waals surface area contributed by atoms with Gasteiger partial charge in [0, 0.05) is 24.2 Å². The monoisotopic (exact) mass is 393 g/mol. The molecule has 1 fully saturated rings. The van der Waals surface area contributed by atoms with Crippen LogP contribution in [0.15, 0.2) is 48.8 Å². The van der Waals surface area contributed by atoms with Crippen molar-refractivity contribution in [1.82, 2.24) is 9.97 Å². The van der Waals surface area contributed by atoms with E-state index in [1.807, 2.05) is 42.5 Å². The number of nitro groups is 1. The maximum absolute atomic E-state index is 11.9. The molecule has 148 valence electrons. The van der Waals surface area contributed by atoms with Crippen molar-refractivity contribution in [3.8, 4) is 0 Å². The van der Waals surface area contributed by atoms with Crippen LogP contribution in [0.1, 0.15) is 12.8 Å². The van der Waals surface area contributed by atoms with E-state index in [9.17, 15) is 20.0 Å². The van der Waals surface area contributed by atoms with Crippen molar-refractivity contribution in [2.75, 3.05) is 23.3 Å². The quantitative estimate of drug-likeness (QED) is 0.498. The van der Waals surface area contributed by atoms with Gasteiger partial charge in [-0.05, 0) is 24.3 Å². The molecule has 0 spiro atoms. The summed E-state index contributed by atoms with van der Waals surface area (Å²) in [5, 5.41) is 26.1. The molecule has 2 N–H and O–H groups in total. The van der Waals surface area contributed by atoms with Crippen molar-refractivity contribution in [2.24, 2.45) is 5.92 Å². The second-order valence-electron chi connectivity index (χ2n) is 6.90. The lowest BCUT2D eigenvalue weighted by atomic mass is 9.97. The highest BCUT2D eigenvalue weighted by Crippen LogP contribution is 2.36. The van der Waals surface area contributed by atoms with Gasteiger partial charge in [-0.1, -0.05) is 36.4 Å². The van der Waals surface area contributed by atoms with Crippen LogP contribution >= 0.6 is 0 Å². The number of piperidine rings is 1. The van der Waals surface area contributed by atoms with Crippen molar-refractivity contribution in [3.63, 3.8) is 0 Å². The molecule has 1 saturated heterocycles. The van der Waals surface area contributed by atoms with Crippen LogP contribution in [0.3, 0.4) is 0 Å². The van der Waals surface area contributed by atoms with E-state index in [1.54, 1.807) is 4.90 Å². The van der Waals surface area contributed by atoms with Gasteiger partial charge in [0.2, 0.25) is 11.6 Å². The number of nitrogens with zero attached hydrogens (tertiary/aromatic N) is 4. The van der Waals surface area contributed by atoms with Crippen molar-refractivity contribution in [2.45, 2.75) is 12.8 Å². The Labute approximate surface area is 166 Å². The van der Waals surface area contributed by atoms with Crippen LogP contribution in [0.4, 0.5) is 23.0 Å². The zero-order valence-corrected chi connectivity index (χ0v) is 15.5. The fourth-order valence-electron chi connectivity index (χ4n) is 3.66. The van der Waals surface area contributed by atoms with Crippen LogP contribution in [0.25, 0.3) is 10.8 Å². The molecule has 0 aliphatic carbocycles. The average Bonchev–Trinajstić information content (AvgIpc) is 2.74. The lowest BCUT2D eigenvalue weighted by Gasteiger charge is -2.30. The molecule has 0 amide bonds. The van der Waals surface area contributed by atoms with E-state index in [0.717, 1.165) is 10.8 Å². The van der Waals surface area contributed by atoms with Crippen LogP contribution in [0.2, 0.25) is 0 Å². The number of carbonyl (C=O) groups is 1. The van der Waals surface area contributed by atoms with Gasteiger partial charge in [-0.3, -0.25) is 14.9 Å². The third-order valence-electron chi connectivity index (χ3n) is 5.17. The zero-order valence-electron chi connectivity index (χ0n) is 15.5. The SMILES string of the molecule is O=C(O)C1CCN(c2ncnc(Nc3cccc4ccccc34)c2[N+](=O)[O-])CC1. The van der Waals surface area contributed by atoms with E-state index in [1.165, 1.54) is 6.33 Å². The first kappa shape index (κ1) is 18.6. The first-order valence-corrected chi connectivity index (χ1v) is 9.26. The summed E-state index contributed by atoms with van der Waals surface area (Å²) in [5.41, 5.74) is 0.495. The predicted octanol–water partition coefficient (Wildman–Crippen LogP) is 3.58. The lowest BCUT2D eigenvalue weighted by Crippen LogP contribution is -2.37. The molecule has 0 atom stereocenters. The summed E-state index contributed by atoms with van der Waals surface area (Å²) in [6.45, 7) is 0.783. The third-order valence-corrected chi connectivity index (χ3v) is 5.17. The molecule has 2 aromatic carbocycles. The second-order valence-corrected chi connectivity index (χ2v) is 6.90. The molecule has 0 saturated carbocycles. The minimum atomic E-state index is -0.833. The molecule has 29 heavy (non-hydrogen) atoms. The maximum Gasteiger partial charge on any atom is 0.353 e. The molecule has 0 radical (unpaired) electrons. The number of aliphatic carboxylic acids is 1. The number of aromatic nitrogens is 2. The largest absolute Gasteiger partial charge is 0.481 e. The minimum absolute atomic E-state index is 0.108. The fourth-order valence-corrected chi connectivity index (χ4v) is 3.66. The van der Waals surface area contributed by atoms with E-state index < -0.39 is 16.8 Å². The Kier molecular flexibility index (Phi) is 4.94. The van der Waals surface area contributed by atoms with Gasteiger partial charge >= 0.3 is 11.7 Å².